The SMILES string of the molecule is COCN1c2cc(Cl)c(N=Nc3cc(C#N)c(I)cn3)c(O)c2CC1C. The number of benzene rings is 1. The van der Waals surface area contributed by atoms with Crippen molar-refractivity contribution in [3.05, 3.63) is 38.0 Å². The average Bonchev–Trinajstić information content (AvgIpc) is 2.92. The van der Waals surface area contributed by atoms with E-state index in [2.05, 4.69) is 21.3 Å². The number of fused-ring (bicyclic) bond motifs is 1. The van der Waals surface area contributed by atoms with Gasteiger partial charge >= 0.3 is 0 Å². The van der Waals surface area contributed by atoms with E-state index in [1.54, 1.807) is 19.4 Å². The molecule has 0 saturated heterocycles. The molecule has 0 saturated carbocycles. The lowest BCUT2D eigenvalue weighted by molar-refractivity contribution is 0.193. The molecule has 2 heterocycles. The normalized spacial score (nSPS) is 16.1. The van der Waals surface area contributed by atoms with Crippen LogP contribution in [0.3, 0.4) is 0 Å². The molecule has 26 heavy (non-hydrogen) atoms. The van der Waals surface area contributed by atoms with Gasteiger partial charge < -0.3 is 14.7 Å². The van der Waals surface area contributed by atoms with Gasteiger partial charge in [-0.05, 0) is 42.0 Å². The molecule has 9 heteroatoms. The Bertz CT molecular complexity index is 928. The first-order valence-corrected chi connectivity index (χ1v) is 9.19. The van der Waals surface area contributed by atoms with Crippen molar-refractivity contribution in [1.29, 1.82) is 5.26 Å². The molecule has 1 aliphatic heterocycles. The van der Waals surface area contributed by atoms with Crippen LogP contribution in [-0.2, 0) is 11.2 Å². The fraction of sp³-hybridized carbons (Fsp3) is 0.294. The first-order chi connectivity index (χ1) is 12.5. The van der Waals surface area contributed by atoms with Gasteiger partial charge in [0.05, 0.1) is 10.6 Å². The second kappa shape index (κ2) is 7.73. The molecule has 7 nitrogen and oxygen atoms in total. The predicted octanol–water partition coefficient (Wildman–Crippen LogP) is 4.69. The minimum Gasteiger partial charge on any atom is -0.505 e. The van der Waals surface area contributed by atoms with Gasteiger partial charge in [-0.2, -0.15) is 5.26 Å². The third-order valence-electron chi connectivity index (χ3n) is 4.13. The summed E-state index contributed by atoms with van der Waals surface area (Å²) in [6.07, 6.45) is 2.20. The van der Waals surface area contributed by atoms with E-state index in [1.165, 1.54) is 6.07 Å². The van der Waals surface area contributed by atoms with Gasteiger partial charge in [0.1, 0.15) is 24.2 Å². The predicted molar refractivity (Wildman–Crippen MR) is 106 cm³/mol. The monoisotopic (exact) mass is 483 g/mol. The third-order valence-corrected chi connectivity index (χ3v) is 5.28. The van der Waals surface area contributed by atoms with E-state index in [-0.39, 0.29) is 28.3 Å². The number of aromatic hydroxyl groups is 1. The molecule has 0 bridgehead atoms. The summed E-state index contributed by atoms with van der Waals surface area (Å²) >= 11 is 8.35. The summed E-state index contributed by atoms with van der Waals surface area (Å²) in [5.74, 6) is 0.278. The Kier molecular flexibility index (Phi) is 5.60. The Labute approximate surface area is 169 Å². The van der Waals surface area contributed by atoms with Crippen molar-refractivity contribution in [3.63, 3.8) is 0 Å². The fourth-order valence-electron chi connectivity index (χ4n) is 2.85. The number of hydrogen-bond acceptors (Lipinski definition) is 7. The van der Waals surface area contributed by atoms with Crippen LogP contribution < -0.4 is 4.90 Å². The van der Waals surface area contributed by atoms with Crippen LogP contribution in [0, 0.1) is 14.9 Å². The molecule has 3 rings (SSSR count). The van der Waals surface area contributed by atoms with Crippen LogP contribution in [0.1, 0.15) is 18.1 Å². The lowest BCUT2D eigenvalue weighted by atomic mass is 10.1. The van der Waals surface area contributed by atoms with Gasteiger partial charge in [0, 0.05) is 40.2 Å². The lowest BCUT2D eigenvalue weighted by Crippen LogP contribution is -2.30. The van der Waals surface area contributed by atoms with E-state index >= 15 is 0 Å². The fourth-order valence-corrected chi connectivity index (χ4v) is 3.50. The van der Waals surface area contributed by atoms with Gasteiger partial charge in [0.25, 0.3) is 0 Å². The molecule has 0 fully saturated rings. The van der Waals surface area contributed by atoms with Gasteiger partial charge in [-0.1, -0.05) is 11.6 Å². The van der Waals surface area contributed by atoms with E-state index < -0.39 is 0 Å². The summed E-state index contributed by atoms with van der Waals surface area (Å²) in [5, 5.41) is 28.1. The Morgan fingerprint density at radius 3 is 2.96 bits per heavy atom. The number of nitrogens with zero attached hydrogens (tertiary/aromatic N) is 5. The van der Waals surface area contributed by atoms with E-state index in [9.17, 15) is 5.11 Å². The van der Waals surface area contributed by atoms with Crippen LogP contribution in [-0.4, -0.2) is 30.0 Å². The molecule has 1 aromatic carbocycles. The van der Waals surface area contributed by atoms with E-state index in [4.69, 9.17) is 21.6 Å². The molecule has 0 amide bonds. The summed E-state index contributed by atoms with van der Waals surface area (Å²) in [6.45, 7) is 2.46. The van der Waals surface area contributed by atoms with Gasteiger partial charge in [-0.15, -0.1) is 10.2 Å². The van der Waals surface area contributed by atoms with Crippen molar-refractivity contribution in [3.8, 4) is 11.8 Å². The highest BCUT2D eigenvalue weighted by molar-refractivity contribution is 14.1. The molecule has 1 atom stereocenters. The minimum atomic E-state index is 0.00715. The topological polar surface area (TPSA) is 94.1 Å². The number of hydrogen-bond donors (Lipinski definition) is 1. The number of rotatable bonds is 4. The highest BCUT2D eigenvalue weighted by Gasteiger charge is 2.31. The largest absolute Gasteiger partial charge is 0.505 e. The van der Waals surface area contributed by atoms with Gasteiger partial charge in [0.2, 0.25) is 0 Å². The summed E-state index contributed by atoms with van der Waals surface area (Å²) in [5.41, 5.74) is 2.25. The van der Waals surface area contributed by atoms with Crippen molar-refractivity contribution in [2.45, 2.75) is 19.4 Å². The standard InChI is InChI=1S/C17H15ClIN5O2/c1-9-3-11-14(24(9)8-26-2)5-12(18)16(17(11)25)23-22-15-4-10(6-20)13(19)7-21-15/h4-5,7,9,25H,3,8H2,1-2H3. The molecule has 134 valence electrons. The zero-order chi connectivity index (χ0) is 18.8. The summed E-state index contributed by atoms with van der Waals surface area (Å²) in [6, 6.07) is 5.54. The second-order valence-corrected chi connectivity index (χ2v) is 7.40. The summed E-state index contributed by atoms with van der Waals surface area (Å²) in [7, 11) is 1.62. The number of nitriles is 1. The smallest absolute Gasteiger partial charge is 0.175 e. The van der Waals surface area contributed by atoms with Crippen molar-refractivity contribution < 1.29 is 9.84 Å². The number of halogens is 2. The number of anilines is 1. The number of methoxy groups -OCH3 is 1. The van der Waals surface area contributed by atoms with Crippen molar-refractivity contribution in [2.24, 2.45) is 10.2 Å². The number of phenols is 1. The molecule has 1 aromatic heterocycles. The Morgan fingerprint density at radius 2 is 2.27 bits per heavy atom. The lowest BCUT2D eigenvalue weighted by Gasteiger charge is -2.23. The minimum absolute atomic E-state index is 0.00715. The maximum absolute atomic E-state index is 10.6. The molecular weight excluding hydrogens is 469 g/mol. The zero-order valence-electron chi connectivity index (χ0n) is 14.1. The second-order valence-electron chi connectivity index (χ2n) is 5.83. The van der Waals surface area contributed by atoms with E-state index in [0.29, 0.717) is 18.7 Å². The van der Waals surface area contributed by atoms with Crippen LogP contribution in [0.25, 0.3) is 0 Å². The van der Waals surface area contributed by atoms with Crippen LogP contribution in [0.2, 0.25) is 5.02 Å². The Hall–Kier alpha value is -1.96. The zero-order valence-corrected chi connectivity index (χ0v) is 17.0. The van der Waals surface area contributed by atoms with E-state index in [0.717, 1.165) is 14.8 Å². The molecule has 2 aromatic rings. The Morgan fingerprint density at radius 1 is 1.50 bits per heavy atom. The number of ether oxygens (including phenoxy) is 1. The van der Waals surface area contributed by atoms with Crippen molar-refractivity contribution >= 4 is 51.4 Å². The number of phenolic OH excluding ortho intramolecular Hbond substituents is 1. The maximum atomic E-state index is 10.6. The summed E-state index contributed by atoms with van der Waals surface area (Å²) < 4.78 is 5.96. The van der Waals surface area contributed by atoms with Gasteiger partial charge in [-0.25, -0.2) is 4.98 Å². The van der Waals surface area contributed by atoms with Crippen molar-refractivity contribution in [1.82, 2.24) is 4.98 Å². The van der Waals surface area contributed by atoms with Crippen LogP contribution in [0.4, 0.5) is 17.2 Å². The molecule has 1 unspecified atom stereocenters. The molecule has 0 radical (unpaired) electrons. The quantitative estimate of drug-likeness (QED) is 0.503. The molecule has 1 aliphatic rings. The first kappa shape index (κ1) is 18.8. The summed E-state index contributed by atoms with van der Waals surface area (Å²) in [4.78, 5) is 6.14. The molecule has 0 spiro atoms. The highest BCUT2D eigenvalue weighted by Crippen LogP contribution is 2.47. The number of pyridine rings is 1. The van der Waals surface area contributed by atoms with Crippen LogP contribution >= 0.6 is 34.2 Å². The number of azo groups is 1. The molecular formula is C17H15ClIN5O2. The average molecular weight is 484 g/mol. The van der Waals surface area contributed by atoms with Crippen LogP contribution in [0.15, 0.2) is 28.6 Å². The third kappa shape index (κ3) is 3.47. The van der Waals surface area contributed by atoms with E-state index in [1.807, 2.05) is 34.4 Å². The van der Waals surface area contributed by atoms with Crippen molar-refractivity contribution in [2.75, 3.05) is 18.7 Å². The van der Waals surface area contributed by atoms with Gasteiger partial charge in [0.15, 0.2) is 5.82 Å². The highest BCUT2D eigenvalue weighted by atomic mass is 127. The Balaban J connectivity index is 1.98. The number of aromatic nitrogens is 1. The van der Waals surface area contributed by atoms with Crippen LogP contribution in [0.5, 0.6) is 5.75 Å². The first-order valence-electron chi connectivity index (χ1n) is 7.73. The molecule has 0 aliphatic carbocycles. The van der Waals surface area contributed by atoms with Gasteiger partial charge in [-0.3, -0.25) is 0 Å². The molecule has 1 N–H and O–H groups in total. The maximum Gasteiger partial charge on any atom is 0.175 e.